The standard InChI is InChI=1S/C13H15BrN4O3.CH4O/c1-17-7(6-15-13(17)20)5-9-12(21-2)16-11(19)8-3-4-10(14)18(8)9;1-2/h3-4,6,9,12H,5H2,1-2H3,(H,15,20)(H,16,19);2H,1H3/t9-,12-;/m1./s1. The molecule has 2 atom stereocenters. The van der Waals surface area contributed by atoms with Crippen molar-refractivity contribution in [3.8, 4) is 0 Å². The fourth-order valence-corrected chi connectivity index (χ4v) is 3.26. The lowest BCUT2D eigenvalue weighted by Gasteiger charge is -2.34. The SMILES string of the molecule is CO.CO[C@H]1NC(=O)c2ccc(Br)n2[C@@H]1Cc1c[nH]c(=O)n1C. The Hall–Kier alpha value is -1.84. The Labute approximate surface area is 141 Å². The van der Waals surface area contributed by atoms with Gasteiger partial charge in [-0.05, 0) is 28.1 Å². The highest BCUT2D eigenvalue weighted by Crippen LogP contribution is 2.30. The molecule has 0 bridgehead atoms. The third-order valence-electron chi connectivity index (χ3n) is 3.83. The van der Waals surface area contributed by atoms with E-state index < -0.39 is 6.23 Å². The zero-order chi connectivity index (χ0) is 17.1. The van der Waals surface area contributed by atoms with Gasteiger partial charge >= 0.3 is 5.69 Å². The number of amides is 1. The molecule has 0 fully saturated rings. The number of carbonyl (C=O) groups excluding carboxylic acids is 1. The summed E-state index contributed by atoms with van der Waals surface area (Å²) in [5.74, 6) is -0.174. The Bertz CT molecular complexity index is 748. The van der Waals surface area contributed by atoms with E-state index in [0.717, 1.165) is 17.4 Å². The maximum Gasteiger partial charge on any atom is 0.325 e. The minimum atomic E-state index is -0.460. The quantitative estimate of drug-likeness (QED) is 0.709. The molecule has 0 saturated carbocycles. The molecule has 3 rings (SSSR count). The van der Waals surface area contributed by atoms with Gasteiger partial charge in [0.1, 0.15) is 5.69 Å². The van der Waals surface area contributed by atoms with Gasteiger partial charge in [-0.15, -0.1) is 0 Å². The molecule has 0 saturated heterocycles. The molecular weight excluding hydrogens is 368 g/mol. The number of aromatic amines is 1. The summed E-state index contributed by atoms with van der Waals surface area (Å²) in [5.41, 5.74) is 1.25. The lowest BCUT2D eigenvalue weighted by atomic mass is 10.1. The van der Waals surface area contributed by atoms with Crippen LogP contribution >= 0.6 is 15.9 Å². The first-order chi connectivity index (χ1) is 11.0. The smallest absolute Gasteiger partial charge is 0.325 e. The number of hydrogen-bond acceptors (Lipinski definition) is 4. The number of methoxy groups -OCH3 is 1. The molecule has 0 spiro atoms. The van der Waals surface area contributed by atoms with E-state index in [1.165, 1.54) is 0 Å². The Balaban J connectivity index is 0.000000924. The van der Waals surface area contributed by atoms with Gasteiger partial charge in [0.25, 0.3) is 5.91 Å². The first-order valence-electron chi connectivity index (χ1n) is 6.91. The fraction of sp³-hybridized carbons (Fsp3) is 0.429. The van der Waals surface area contributed by atoms with E-state index in [4.69, 9.17) is 9.84 Å². The van der Waals surface area contributed by atoms with Gasteiger partial charge in [-0.1, -0.05) is 0 Å². The Morgan fingerprint density at radius 1 is 1.35 bits per heavy atom. The third-order valence-corrected chi connectivity index (χ3v) is 4.47. The molecule has 1 amide bonds. The van der Waals surface area contributed by atoms with Gasteiger partial charge < -0.3 is 24.7 Å². The predicted octanol–water partition coefficient (Wildman–Crippen LogP) is 0.386. The van der Waals surface area contributed by atoms with E-state index >= 15 is 0 Å². The number of carbonyl (C=O) groups is 1. The molecule has 1 aliphatic heterocycles. The average Bonchev–Trinajstić information content (AvgIpc) is 3.09. The third kappa shape index (κ3) is 3.12. The summed E-state index contributed by atoms with van der Waals surface area (Å²) in [6.45, 7) is 0. The topological polar surface area (TPSA) is 101 Å². The van der Waals surface area contributed by atoms with Crippen molar-refractivity contribution in [3.05, 3.63) is 44.8 Å². The maximum atomic E-state index is 12.0. The number of imidazole rings is 1. The molecule has 3 N–H and O–H groups in total. The van der Waals surface area contributed by atoms with E-state index in [-0.39, 0.29) is 17.6 Å². The molecule has 0 aliphatic carbocycles. The first kappa shape index (κ1) is 17.5. The second-order valence-corrected chi connectivity index (χ2v) is 5.77. The molecule has 1 aliphatic rings. The summed E-state index contributed by atoms with van der Waals surface area (Å²) < 4.78 is 9.66. The molecule has 2 aromatic rings. The van der Waals surface area contributed by atoms with Crippen molar-refractivity contribution >= 4 is 21.8 Å². The Morgan fingerprint density at radius 3 is 2.61 bits per heavy atom. The second-order valence-electron chi connectivity index (χ2n) is 4.96. The van der Waals surface area contributed by atoms with Crippen LogP contribution in [0.2, 0.25) is 0 Å². The Kier molecular flexibility index (Phi) is 5.45. The number of halogens is 1. The second kappa shape index (κ2) is 7.16. The molecule has 8 nitrogen and oxygen atoms in total. The number of aliphatic hydroxyl groups is 1. The van der Waals surface area contributed by atoms with Gasteiger partial charge in [-0.25, -0.2) is 4.79 Å². The van der Waals surface area contributed by atoms with Crippen molar-refractivity contribution in [2.45, 2.75) is 18.7 Å². The molecule has 23 heavy (non-hydrogen) atoms. The lowest BCUT2D eigenvalue weighted by Crippen LogP contribution is -2.49. The van der Waals surface area contributed by atoms with Crippen LogP contribution < -0.4 is 11.0 Å². The normalized spacial score (nSPS) is 19.6. The van der Waals surface area contributed by atoms with Crippen LogP contribution in [0, 0.1) is 0 Å². The van der Waals surface area contributed by atoms with Gasteiger partial charge in [0.2, 0.25) is 0 Å². The molecule has 3 heterocycles. The number of fused-ring (bicyclic) bond motifs is 1. The molecular formula is C14H19BrN4O4. The van der Waals surface area contributed by atoms with Gasteiger partial charge in [0.15, 0.2) is 6.23 Å². The predicted molar refractivity (Wildman–Crippen MR) is 87.3 cm³/mol. The number of aromatic nitrogens is 3. The summed E-state index contributed by atoms with van der Waals surface area (Å²) in [6, 6.07) is 3.44. The zero-order valence-electron chi connectivity index (χ0n) is 13.0. The van der Waals surface area contributed by atoms with Crippen molar-refractivity contribution in [1.29, 1.82) is 0 Å². The van der Waals surface area contributed by atoms with Gasteiger partial charge in [0, 0.05) is 39.6 Å². The van der Waals surface area contributed by atoms with Crippen molar-refractivity contribution in [2.24, 2.45) is 7.05 Å². The van der Waals surface area contributed by atoms with Crippen LogP contribution in [0.3, 0.4) is 0 Å². The monoisotopic (exact) mass is 386 g/mol. The van der Waals surface area contributed by atoms with Crippen molar-refractivity contribution < 1.29 is 14.6 Å². The summed E-state index contributed by atoms with van der Waals surface area (Å²) in [7, 11) is 4.26. The number of hydrogen-bond donors (Lipinski definition) is 3. The molecule has 0 unspecified atom stereocenters. The maximum absolute atomic E-state index is 12.0. The highest BCUT2D eigenvalue weighted by molar-refractivity contribution is 9.10. The summed E-state index contributed by atoms with van der Waals surface area (Å²) in [5, 5.41) is 9.83. The molecule has 2 aromatic heterocycles. The zero-order valence-corrected chi connectivity index (χ0v) is 14.6. The largest absolute Gasteiger partial charge is 0.400 e. The van der Waals surface area contributed by atoms with E-state index in [0.29, 0.717) is 12.1 Å². The molecule has 0 radical (unpaired) electrons. The minimum Gasteiger partial charge on any atom is -0.400 e. The van der Waals surface area contributed by atoms with E-state index in [1.807, 2.05) is 10.6 Å². The summed E-state index contributed by atoms with van der Waals surface area (Å²) in [4.78, 5) is 26.2. The van der Waals surface area contributed by atoms with Crippen LogP contribution in [0.25, 0.3) is 0 Å². The lowest BCUT2D eigenvalue weighted by molar-refractivity contribution is 0.0167. The van der Waals surface area contributed by atoms with E-state index in [9.17, 15) is 9.59 Å². The summed E-state index contributed by atoms with van der Waals surface area (Å²) >= 11 is 3.46. The minimum absolute atomic E-state index is 0.145. The van der Waals surface area contributed by atoms with Crippen LogP contribution in [0.4, 0.5) is 0 Å². The number of ether oxygens (including phenoxy) is 1. The molecule has 0 aromatic carbocycles. The van der Waals surface area contributed by atoms with Crippen molar-refractivity contribution in [1.82, 2.24) is 19.4 Å². The number of H-pyrrole nitrogens is 1. The van der Waals surface area contributed by atoms with Crippen LogP contribution in [-0.2, 0) is 18.2 Å². The van der Waals surface area contributed by atoms with Gasteiger partial charge in [-0.3, -0.25) is 9.36 Å². The number of aliphatic hydroxyl groups excluding tert-OH is 1. The van der Waals surface area contributed by atoms with Crippen LogP contribution in [0.15, 0.2) is 27.7 Å². The van der Waals surface area contributed by atoms with Gasteiger partial charge in [-0.2, -0.15) is 0 Å². The van der Waals surface area contributed by atoms with Crippen LogP contribution in [-0.4, -0.2) is 45.6 Å². The molecule has 126 valence electrons. The van der Waals surface area contributed by atoms with Crippen molar-refractivity contribution in [2.75, 3.05) is 14.2 Å². The molecule has 9 heteroatoms. The highest BCUT2D eigenvalue weighted by Gasteiger charge is 2.35. The summed E-state index contributed by atoms with van der Waals surface area (Å²) in [6.07, 6.45) is 1.77. The number of rotatable bonds is 3. The highest BCUT2D eigenvalue weighted by atomic mass is 79.9. The van der Waals surface area contributed by atoms with Gasteiger partial charge in [0.05, 0.1) is 10.6 Å². The van der Waals surface area contributed by atoms with Crippen molar-refractivity contribution in [3.63, 3.8) is 0 Å². The van der Waals surface area contributed by atoms with Crippen LogP contribution in [0.1, 0.15) is 22.2 Å². The van der Waals surface area contributed by atoms with Crippen LogP contribution in [0.5, 0.6) is 0 Å². The first-order valence-corrected chi connectivity index (χ1v) is 7.70. The fourth-order valence-electron chi connectivity index (χ4n) is 2.67. The number of nitrogens with zero attached hydrogens (tertiary/aromatic N) is 2. The van der Waals surface area contributed by atoms with E-state index in [2.05, 4.69) is 26.2 Å². The van der Waals surface area contributed by atoms with E-state index in [1.54, 1.807) is 31.0 Å². The Morgan fingerprint density at radius 2 is 2.04 bits per heavy atom. The number of nitrogens with one attached hydrogen (secondary N) is 2. The average molecular weight is 387 g/mol.